The Bertz CT molecular complexity index is 1270. The number of amides is 1. The van der Waals surface area contributed by atoms with E-state index in [2.05, 4.69) is 15.9 Å². The first-order valence-corrected chi connectivity index (χ1v) is 12.8. The number of nitrogens with zero attached hydrogens (tertiary/aromatic N) is 1. The smallest absolute Gasteiger partial charge is 0.270 e. The molecule has 35 heavy (non-hydrogen) atoms. The number of hydrogen-bond donors (Lipinski definition) is 0. The van der Waals surface area contributed by atoms with Gasteiger partial charge in [0.15, 0.2) is 15.8 Å². The zero-order valence-electron chi connectivity index (χ0n) is 18.7. The molecule has 1 heterocycles. The fourth-order valence-corrected chi connectivity index (χ4v) is 4.86. The van der Waals surface area contributed by atoms with Crippen LogP contribution in [0.15, 0.2) is 76.1 Å². The molecule has 3 aromatic rings. The Morgan fingerprint density at radius 3 is 2.51 bits per heavy atom. The van der Waals surface area contributed by atoms with Gasteiger partial charge in [-0.05, 0) is 73.2 Å². The van der Waals surface area contributed by atoms with E-state index in [4.69, 9.17) is 26.4 Å². The fourth-order valence-electron chi connectivity index (χ4n) is 3.30. The summed E-state index contributed by atoms with van der Waals surface area (Å²) in [6.07, 6.45) is 1.74. The van der Waals surface area contributed by atoms with Gasteiger partial charge in [-0.2, -0.15) is 0 Å². The zero-order chi connectivity index (χ0) is 24.8. The Balaban J connectivity index is 1.44. The topological polar surface area (TPSA) is 48.0 Å². The molecule has 0 atom stereocenters. The highest BCUT2D eigenvalue weighted by Gasteiger charge is 2.33. The van der Waals surface area contributed by atoms with Crippen molar-refractivity contribution in [2.24, 2.45) is 0 Å². The van der Waals surface area contributed by atoms with Gasteiger partial charge >= 0.3 is 0 Å². The summed E-state index contributed by atoms with van der Waals surface area (Å²) in [6.45, 7) is 3.05. The van der Waals surface area contributed by atoms with Gasteiger partial charge in [0.05, 0.1) is 17.2 Å². The Kier molecular flexibility index (Phi) is 8.43. The quantitative estimate of drug-likeness (QED) is 0.158. The monoisotopic (exact) mass is 573 g/mol. The van der Waals surface area contributed by atoms with E-state index in [1.165, 1.54) is 28.8 Å². The summed E-state index contributed by atoms with van der Waals surface area (Å²) < 4.78 is 32.3. The van der Waals surface area contributed by atoms with Crippen molar-refractivity contribution in [3.8, 4) is 17.2 Å². The molecule has 1 fully saturated rings. The highest BCUT2D eigenvalue weighted by Crippen LogP contribution is 2.37. The van der Waals surface area contributed by atoms with Crippen LogP contribution in [0, 0.1) is 5.82 Å². The Labute approximate surface area is 221 Å². The second-order valence-electron chi connectivity index (χ2n) is 7.29. The number of hydrogen-bond acceptors (Lipinski definition) is 6. The first kappa shape index (κ1) is 25.2. The van der Waals surface area contributed by atoms with Gasteiger partial charge < -0.3 is 14.2 Å². The first-order chi connectivity index (χ1) is 16.9. The van der Waals surface area contributed by atoms with Crippen molar-refractivity contribution in [3.05, 3.63) is 87.5 Å². The Morgan fingerprint density at radius 2 is 1.77 bits per heavy atom. The summed E-state index contributed by atoms with van der Waals surface area (Å²) in [5, 5.41) is 0. The van der Waals surface area contributed by atoms with Gasteiger partial charge in [-0.3, -0.25) is 9.69 Å². The molecule has 5 nitrogen and oxygen atoms in total. The van der Waals surface area contributed by atoms with Crippen molar-refractivity contribution in [1.82, 2.24) is 0 Å². The van der Waals surface area contributed by atoms with Gasteiger partial charge in [0.2, 0.25) is 0 Å². The SMILES string of the molecule is CCOc1cc(/C=C2\SC(=S)N(c3cccc(F)c3)C2=O)ccc1OCCOc1ccc(Br)cc1. The third-order valence-corrected chi connectivity index (χ3v) is 6.68. The molecule has 9 heteroatoms. The summed E-state index contributed by atoms with van der Waals surface area (Å²) in [7, 11) is 0. The lowest BCUT2D eigenvalue weighted by Gasteiger charge is -2.14. The maximum atomic E-state index is 13.6. The maximum Gasteiger partial charge on any atom is 0.270 e. The van der Waals surface area contributed by atoms with E-state index in [9.17, 15) is 9.18 Å². The number of anilines is 1. The number of carbonyl (C=O) groups excluding carboxylic acids is 1. The average molecular weight is 574 g/mol. The third kappa shape index (κ3) is 6.42. The molecule has 0 aliphatic carbocycles. The van der Waals surface area contributed by atoms with Gasteiger partial charge in [0.25, 0.3) is 5.91 Å². The van der Waals surface area contributed by atoms with Gasteiger partial charge in [-0.1, -0.05) is 52.0 Å². The molecule has 0 unspecified atom stereocenters. The van der Waals surface area contributed by atoms with Crippen LogP contribution in [-0.4, -0.2) is 30.0 Å². The Morgan fingerprint density at radius 1 is 1.00 bits per heavy atom. The van der Waals surface area contributed by atoms with Crippen molar-refractivity contribution in [2.75, 3.05) is 24.7 Å². The predicted octanol–water partition coefficient (Wildman–Crippen LogP) is 6.85. The standard InChI is InChI=1S/C26H21BrFNO4S2/c1-2-31-23-14-17(6-11-22(23)33-13-12-32-21-9-7-18(27)8-10-21)15-24-25(30)29(26(34)35-24)20-5-3-4-19(28)16-20/h3-11,14-16H,2,12-13H2,1H3/b24-15-. The molecule has 0 N–H and O–H groups in total. The normalized spacial score (nSPS) is 14.5. The van der Waals surface area contributed by atoms with Gasteiger partial charge in [0.1, 0.15) is 24.8 Å². The molecular formula is C26H21BrFNO4S2. The molecule has 3 aromatic carbocycles. The second-order valence-corrected chi connectivity index (χ2v) is 9.88. The van der Waals surface area contributed by atoms with Crippen molar-refractivity contribution in [1.29, 1.82) is 0 Å². The van der Waals surface area contributed by atoms with Crippen molar-refractivity contribution < 1.29 is 23.4 Å². The average Bonchev–Trinajstić information content (AvgIpc) is 3.11. The summed E-state index contributed by atoms with van der Waals surface area (Å²) >= 11 is 9.94. The number of benzene rings is 3. The van der Waals surface area contributed by atoms with Crippen molar-refractivity contribution in [2.45, 2.75) is 6.92 Å². The molecular weight excluding hydrogens is 553 g/mol. The molecule has 1 aliphatic rings. The van der Waals surface area contributed by atoms with E-state index in [0.29, 0.717) is 46.2 Å². The second kappa shape index (κ2) is 11.7. The number of ether oxygens (including phenoxy) is 3. The highest BCUT2D eigenvalue weighted by atomic mass is 79.9. The van der Waals surface area contributed by atoms with E-state index in [1.807, 2.05) is 43.3 Å². The molecule has 0 saturated carbocycles. The van der Waals surface area contributed by atoms with E-state index in [0.717, 1.165) is 15.8 Å². The number of thiocarbonyl (C=S) groups is 1. The predicted molar refractivity (Wildman–Crippen MR) is 145 cm³/mol. The maximum absolute atomic E-state index is 13.6. The van der Waals surface area contributed by atoms with E-state index in [1.54, 1.807) is 24.3 Å². The number of thioether (sulfide) groups is 1. The van der Waals surface area contributed by atoms with Gasteiger partial charge in [-0.25, -0.2) is 4.39 Å². The van der Waals surface area contributed by atoms with Crippen LogP contribution < -0.4 is 19.1 Å². The summed E-state index contributed by atoms with van der Waals surface area (Å²) in [5.74, 6) is 1.17. The summed E-state index contributed by atoms with van der Waals surface area (Å²) in [6, 6.07) is 18.8. The van der Waals surface area contributed by atoms with Crippen molar-refractivity contribution >= 4 is 61.9 Å². The minimum Gasteiger partial charge on any atom is -0.490 e. The summed E-state index contributed by atoms with van der Waals surface area (Å²) in [5.41, 5.74) is 1.16. The summed E-state index contributed by atoms with van der Waals surface area (Å²) in [4.78, 5) is 14.8. The molecule has 0 aromatic heterocycles. The van der Waals surface area contributed by atoms with E-state index in [-0.39, 0.29) is 5.91 Å². The lowest BCUT2D eigenvalue weighted by molar-refractivity contribution is -0.113. The first-order valence-electron chi connectivity index (χ1n) is 10.8. The fraction of sp³-hybridized carbons (Fsp3) is 0.154. The van der Waals surface area contributed by atoms with Crippen LogP contribution in [-0.2, 0) is 4.79 Å². The molecule has 1 amide bonds. The molecule has 4 rings (SSSR count). The van der Waals surface area contributed by atoms with Crippen LogP contribution in [0.4, 0.5) is 10.1 Å². The van der Waals surface area contributed by atoms with Crippen LogP contribution in [0.25, 0.3) is 6.08 Å². The van der Waals surface area contributed by atoms with Gasteiger partial charge in [-0.15, -0.1) is 0 Å². The van der Waals surface area contributed by atoms with Crippen LogP contribution in [0.5, 0.6) is 17.2 Å². The van der Waals surface area contributed by atoms with Crippen LogP contribution >= 0.6 is 39.9 Å². The number of rotatable bonds is 9. The molecule has 1 aliphatic heterocycles. The minimum absolute atomic E-state index is 0.297. The number of carbonyl (C=O) groups is 1. The van der Waals surface area contributed by atoms with E-state index < -0.39 is 5.82 Å². The highest BCUT2D eigenvalue weighted by molar-refractivity contribution is 9.10. The zero-order valence-corrected chi connectivity index (χ0v) is 21.9. The van der Waals surface area contributed by atoms with Crippen LogP contribution in [0.2, 0.25) is 0 Å². The number of halogens is 2. The largest absolute Gasteiger partial charge is 0.490 e. The lowest BCUT2D eigenvalue weighted by Crippen LogP contribution is -2.27. The molecule has 1 saturated heterocycles. The van der Waals surface area contributed by atoms with Crippen LogP contribution in [0.3, 0.4) is 0 Å². The molecule has 0 radical (unpaired) electrons. The van der Waals surface area contributed by atoms with Gasteiger partial charge in [0, 0.05) is 4.47 Å². The third-order valence-electron chi connectivity index (χ3n) is 4.85. The molecule has 180 valence electrons. The Hall–Kier alpha value is -2.88. The van der Waals surface area contributed by atoms with Crippen LogP contribution in [0.1, 0.15) is 12.5 Å². The van der Waals surface area contributed by atoms with Crippen molar-refractivity contribution in [3.63, 3.8) is 0 Å². The minimum atomic E-state index is -0.431. The molecule has 0 bridgehead atoms. The van der Waals surface area contributed by atoms with E-state index >= 15 is 0 Å². The lowest BCUT2D eigenvalue weighted by atomic mass is 10.1. The molecule has 0 spiro atoms.